The molecule has 0 bridgehead atoms. The van der Waals surface area contributed by atoms with Gasteiger partial charge in [-0.1, -0.05) is 332 Å². The zero-order chi connectivity index (χ0) is 57.8. The van der Waals surface area contributed by atoms with E-state index in [2.05, 4.69) is 81.5 Å². The van der Waals surface area contributed by atoms with Crippen LogP contribution in [0.1, 0.15) is 374 Å². The predicted molar refractivity (Wildman–Crippen MR) is 348 cm³/mol. The minimum absolute atomic E-state index is 0.0858. The highest BCUT2D eigenvalue weighted by molar-refractivity contribution is 5.71. The molecule has 0 aromatic carbocycles. The zero-order valence-corrected chi connectivity index (χ0v) is 53.6. The van der Waals surface area contributed by atoms with Gasteiger partial charge in [-0.2, -0.15) is 0 Å². The first-order valence-electron chi connectivity index (χ1n) is 35.3. The van der Waals surface area contributed by atoms with Crippen LogP contribution in [0.2, 0.25) is 0 Å². The van der Waals surface area contributed by atoms with Gasteiger partial charge in [0, 0.05) is 19.3 Å². The van der Waals surface area contributed by atoms with Crippen molar-refractivity contribution >= 4 is 17.9 Å². The maximum atomic E-state index is 12.9. The molecular formula is C74H134O6. The van der Waals surface area contributed by atoms with E-state index >= 15 is 0 Å². The van der Waals surface area contributed by atoms with Crippen LogP contribution in [0.15, 0.2) is 60.8 Å². The molecule has 0 rings (SSSR count). The first kappa shape index (κ1) is 77.1. The monoisotopic (exact) mass is 1120 g/mol. The van der Waals surface area contributed by atoms with Crippen molar-refractivity contribution in [2.24, 2.45) is 0 Å². The van der Waals surface area contributed by atoms with E-state index in [0.717, 1.165) is 83.5 Å². The number of esters is 3. The lowest BCUT2D eigenvalue weighted by Crippen LogP contribution is -2.30. The van der Waals surface area contributed by atoms with Gasteiger partial charge < -0.3 is 14.2 Å². The molecule has 1 atom stereocenters. The molecule has 0 heterocycles. The van der Waals surface area contributed by atoms with Crippen molar-refractivity contribution in [3.05, 3.63) is 60.8 Å². The first-order valence-corrected chi connectivity index (χ1v) is 35.3. The van der Waals surface area contributed by atoms with Gasteiger partial charge in [0.25, 0.3) is 0 Å². The summed E-state index contributed by atoms with van der Waals surface area (Å²) in [5.74, 6) is -0.913. The number of carbonyl (C=O) groups is 3. The lowest BCUT2D eigenvalue weighted by molar-refractivity contribution is -0.167. The smallest absolute Gasteiger partial charge is 0.306 e. The lowest BCUT2D eigenvalue weighted by atomic mass is 10.0. The van der Waals surface area contributed by atoms with E-state index in [4.69, 9.17) is 14.2 Å². The second-order valence-corrected chi connectivity index (χ2v) is 23.8. The third-order valence-electron chi connectivity index (χ3n) is 15.8. The van der Waals surface area contributed by atoms with Crippen LogP contribution < -0.4 is 0 Å². The largest absolute Gasteiger partial charge is 0.462 e. The Labute approximate surface area is 498 Å². The van der Waals surface area contributed by atoms with Gasteiger partial charge in [-0.25, -0.2) is 0 Å². The van der Waals surface area contributed by atoms with E-state index in [-0.39, 0.29) is 31.1 Å². The average Bonchev–Trinajstić information content (AvgIpc) is 3.46. The summed E-state index contributed by atoms with van der Waals surface area (Å²) in [4.78, 5) is 38.4. The quantitative estimate of drug-likeness (QED) is 0.0261. The molecule has 6 heteroatoms. The predicted octanol–water partition coefficient (Wildman–Crippen LogP) is 24.3. The number of allylic oxidation sites excluding steroid dienone is 10. The van der Waals surface area contributed by atoms with E-state index in [0.29, 0.717) is 19.3 Å². The van der Waals surface area contributed by atoms with Gasteiger partial charge in [0.2, 0.25) is 0 Å². The van der Waals surface area contributed by atoms with Crippen LogP contribution in [0.4, 0.5) is 0 Å². The Bertz CT molecular complexity index is 1430. The fourth-order valence-corrected chi connectivity index (χ4v) is 10.5. The molecule has 0 aliphatic rings. The highest BCUT2D eigenvalue weighted by atomic mass is 16.6. The zero-order valence-electron chi connectivity index (χ0n) is 53.6. The summed E-state index contributed by atoms with van der Waals surface area (Å²) in [5.41, 5.74) is 0. The van der Waals surface area contributed by atoms with Crippen molar-refractivity contribution in [3.8, 4) is 0 Å². The minimum Gasteiger partial charge on any atom is -0.462 e. The topological polar surface area (TPSA) is 78.9 Å². The van der Waals surface area contributed by atoms with Crippen molar-refractivity contribution in [2.45, 2.75) is 380 Å². The van der Waals surface area contributed by atoms with Gasteiger partial charge in [0.1, 0.15) is 13.2 Å². The molecule has 0 N–H and O–H groups in total. The van der Waals surface area contributed by atoms with Gasteiger partial charge in [0.05, 0.1) is 0 Å². The Hall–Kier alpha value is -2.89. The van der Waals surface area contributed by atoms with Gasteiger partial charge in [-0.3, -0.25) is 14.4 Å². The molecule has 0 amide bonds. The Morgan fingerprint density at radius 3 is 0.800 bits per heavy atom. The van der Waals surface area contributed by atoms with E-state index in [1.54, 1.807) is 0 Å². The van der Waals surface area contributed by atoms with Gasteiger partial charge in [-0.15, -0.1) is 0 Å². The number of rotatable bonds is 65. The van der Waals surface area contributed by atoms with Crippen molar-refractivity contribution < 1.29 is 28.6 Å². The molecule has 0 aliphatic heterocycles. The van der Waals surface area contributed by atoms with Crippen LogP contribution in [0.5, 0.6) is 0 Å². The number of hydrogen-bond donors (Lipinski definition) is 0. The Balaban J connectivity index is 4.21. The molecule has 0 saturated heterocycles. The Morgan fingerprint density at radius 2 is 0.487 bits per heavy atom. The Kier molecular flexibility index (Phi) is 66.1. The molecular weight excluding hydrogens is 985 g/mol. The number of ether oxygens (including phenoxy) is 3. The fraction of sp³-hybridized carbons (Fsp3) is 0.824. The molecule has 0 spiro atoms. The maximum Gasteiger partial charge on any atom is 0.306 e. The van der Waals surface area contributed by atoms with Crippen molar-refractivity contribution in [3.63, 3.8) is 0 Å². The van der Waals surface area contributed by atoms with Crippen molar-refractivity contribution in [1.82, 2.24) is 0 Å². The van der Waals surface area contributed by atoms with E-state index < -0.39 is 6.10 Å². The molecule has 0 radical (unpaired) electrons. The summed E-state index contributed by atoms with van der Waals surface area (Å²) in [6.45, 7) is 6.54. The summed E-state index contributed by atoms with van der Waals surface area (Å²) >= 11 is 0. The summed E-state index contributed by atoms with van der Waals surface area (Å²) in [7, 11) is 0. The number of unbranched alkanes of at least 4 members (excludes halogenated alkanes) is 44. The molecule has 80 heavy (non-hydrogen) atoms. The van der Waals surface area contributed by atoms with Crippen LogP contribution in [0.3, 0.4) is 0 Å². The van der Waals surface area contributed by atoms with Crippen molar-refractivity contribution in [1.29, 1.82) is 0 Å². The lowest BCUT2D eigenvalue weighted by Gasteiger charge is -2.18. The first-order chi connectivity index (χ1) is 39.5. The van der Waals surface area contributed by atoms with Gasteiger partial charge in [0.15, 0.2) is 6.10 Å². The average molecular weight is 1120 g/mol. The van der Waals surface area contributed by atoms with Gasteiger partial charge in [-0.05, 0) is 83.5 Å². The second kappa shape index (κ2) is 68.6. The Morgan fingerprint density at radius 1 is 0.263 bits per heavy atom. The normalized spacial score (nSPS) is 12.4. The molecule has 0 aromatic rings. The number of hydrogen-bond acceptors (Lipinski definition) is 6. The maximum absolute atomic E-state index is 12.9. The molecule has 0 fully saturated rings. The standard InChI is InChI=1S/C74H134O6/c1-4-7-10-13-16-19-22-25-28-30-31-32-33-34-35-36-37-38-39-40-41-42-44-46-49-52-55-58-61-64-67-73(76)79-70-71(69-78-72(75)66-63-60-57-54-51-48-45-27-24-21-18-15-12-9-6-3)80-74(77)68-65-62-59-56-53-50-47-43-29-26-23-20-17-14-11-8-5-2/h9,12,18,21,26-27,29,45,51,54,71H,4-8,10-11,13-17,19-20,22-25,28,30-44,46-50,52-53,55-70H2,1-3H3/b12-9-,21-18-,29-26-,45-27-,54-51-. The van der Waals surface area contributed by atoms with Crippen LogP contribution in [-0.2, 0) is 28.6 Å². The fourth-order valence-electron chi connectivity index (χ4n) is 10.5. The summed E-state index contributed by atoms with van der Waals surface area (Å²) in [5, 5.41) is 0. The summed E-state index contributed by atoms with van der Waals surface area (Å²) < 4.78 is 16.9. The SMILES string of the molecule is CC/C=C\C/C=C\C/C=C\C/C=C\CCCCC(=O)OCC(COC(=O)CCCCCCCCCCCCCCCCCCCCCCCCCCCCCCCC)OC(=O)CCCCCCCCC/C=C\CCCCCCCC. The molecule has 0 aromatic heterocycles. The van der Waals surface area contributed by atoms with E-state index in [1.807, 2.05) is 0 Å². The highest BCUT2D eigenvalue weighted by Crippen LogP contribution is 2.18. The van der Waals surface area contributed by atoms with E-state index in [9.17, 15) is 14.4 Å². The van der Waals surface area contributed by atoms with Gasteiger partial charge >= 0.3 is 17.9 Å². The van der Waals surface area contributed by atoms with Crippen LogP contribution >= 0.6 is 0 Å². The van der Waals surface area contributed by atoms with Crippen LogP contribution in [0, 0.1) is 0 Å². The molecule has 6 nitrogen and oxygen atoms in total. The summed E-state index contributed by atoms with van der Waals surface area (Å²) in [6, 6.07) is 0. The molecule has 0 aliphatic carbocycles. The third kappa shape index (κ3) is 65.9. The highest BCUT2D eigenvalue weighted by Gasteiger charge is 2.19. The number of carbonyl (C=O) groups excluding carboxylic acids is 3. The third-order valence-corrected chi connectivity index (χ3v) is 15.8. The molecule has 0 saturated carbocycles. The molecule has 466 valence electrons. The second-order valence-electron chi connectivity index (χ2n) is 23.8. The minimum atomic E-state index is -0.793. The van der Waals surface area contributed by atoms with Crippen LogP contribution in [0.25, 0.3) is 0 Å². The van der Waals surface area contributed by atoms with Crippen molar-refractivity contribution in [2.75, 3.05) is 13.2 Å². The van der Waals surface area contributed by atoms with Crippen LogP contribution in [-0.4, -0.2) is 37.2 Å². The molecule has 1 unspecified atom stereocenters. The van der Waals surface area contributed by atoms with E-state index in [1.165, 1.54) is 250 Å². The summed E-state index contributed by atoms with van der Waals surface area (Å²) in [6.07, 6.45) is 88.4.